The van der Waals surface area contributed by atoms with Crippen molar-refractivity contribution in [1.82, 2.24) is 9.88 Å². The van der Waals surface area contributed by atoms with Crippen LogP contribution in [0.1, 0.15) is 37.4 Å². The third kappa shape index (κ3) is 5.47. The highest BCUT2D eigenvalue weighted by Crippen LogP contribution is 2.28. The fourth-order valence-corrected chi connectivity index (χ4v) is 2.65. The van der Waals surface area contributed by atoms with Crippen molar-refractivity contribution in [3.05, 3.63) is 70.1 Å². The number of nitrogens with zero attached hydrogens (tertiary/aromatic N) is 1. The van der Waals surface area contributed by atoms with E-state index < -0.39 is 29.8 Å². The molecule has 0 aliphatic carbocycles. The van der Waals surface area contributed by atoms with Gasteiger partial charge in [-0.15, -0.1) is 0 Å². The second-order valence-corrected chi connectivity index (χ2v) is 6.54. The largest absolute Gasteiger partial charge is 0.417 e. The number of carbonyl (C=O) groups is 1. The molecule has 140 valence electrons. The molecular weight excluding hydrogens is 345 g/mol. The molecule has 2 aromatic rings. The molecule has 1 heterocycles. The number of alkyl halides is 3. The van der Waals surface area contributed by atoms with E-state index in [9.17, 15) is 22.8 Å². The lowest BCUT2D eigenvalue weighted by molar-refractivity contribution is -0.138. The van der Waals surface area contributed by atoms with Gasteiger partial charge in [0.1, 0.15) is 6.54 Å². The Morgan fingerprint density at radius 3 is 2.35 bits per heavy atom. The molecule has 2 rings (SSSR count). The van der Waals surface area contributed by atoms with Gasteiger partial charge in [0.2, 0.25) is 5.91 Å². The second kappa shape index (κ2) is 8.21. The van der Waals surface area contributed by atoms with Gasteiger partial charge < -0.3 is 9.88 Å². The highest BCUT2D eigenvalue weighted by Gasteiger charge is 2.31. The number of amides is 1. The van der Waals surface area contributed by atoms with Gasteiger partial charge in [0.15, 0.2) is 0 Å². The molecule has 0 aliphatic heterocycles. The summed E-state index contributed by atoms with van der Waals surface area (Å²) in [5, 5.41) is 2.82. The zero-order valence-electron chi connectivity index (χ0n) is 14.6. The lowest BCUT2D eigenvalue weighted by Crippen LogP contribution is -2.35. The van der Waals surface area contributed by atoms with Crippen molar-refractivity contribution in [3.63, 3.8) is 0 Å². The van der Waals surface area contributed by atoms with Gasteiger partial charge >= 0.3 is 6.18 Å². The monoisotopic (exact) mass is 366 g/mol. The molecule has 1 N–H and O–H groups in total. The van der Waals surface area contributed by atoms with E-state index in [1.807, 2.05) is 44.2 Å². The number of aromatic nitrogens is 1. The summed E-state index contributed by atoms with van der Waals surface area (Å²) in [6, 6.07) is 10.6. The van der Waals surface area contributed by atoms with Gasteiger partial charge in [-0.2, -0.15) is 13.2 Å². The van der Waals surface area contributed by atoms with Gasteiger partial charge in [-0.1, -0.05) is 44.2 Å². The van der Waals surface area contributed by atoms with Gasteiger partial charge in [0, 0.05) is 12.3 Å². The van der Waals surface area contributed by atoms with Crippen LogP contribution >= 0.6 is 0 Å². The molecule has 1 aromatic heterocycles. The van der Waals surface area contributed by atoms with Crippen LogP contribution in [0.5, 0.6) is 0 Å². The summed E-state index contributed by atoms with van der Waals surface area (Å²) >= 11 is 0. The van der Waals surface area contributed by atoms with Crippen molar-refractivity contribution < 1.29 is 18.0 Å². The summed E-state index contributed by atoms with van der Waals surface area (Å²) in [4.78, 5) is 24.1. The van der Waals surface area contributed by atoms with Crippen LogP contribution in [-0.4, -0.2) is 10.5 Å². The lowest BCUT2D eigenvalue weighted by Gasteiger charge is -2.21. The Morgan fingerprint density at radius 2 is 1.77 bits per heavy atom. The van der Waals surface area contributed by atoms with Crippen LogP contribution in [-0.2, 0) is 17.5 Å². The molecule has 0 bridgehead atoms. The Kier molecular flexibility index (Phi) is 6.23. The van der Waals surface area contributed by atoms with Crippen LogP contribution in [0.3, 0.4) is 0 Å². The molecule has 1 atom stereocenters. The van der Waals surface area contributed by atoms with Crippen LogP contribution in [0.2, 0.25) is 0 Å². The minimum absolute atomic E-state index is 0.273. The predicted molar refractivity (Wildman–Crippen MR) is 92.5 cm³/mol. The van der Waals surface area contributed by atoms with E-state index in [0.717, 1.165) is 16.2 Å². The minimum Gasteiger partial charge on any atom is -0.348 e. The third-order valence-corrected chi connectivity index (χ3v) is 3.87. The molecule has 0 spiro atoms. The number of rotatable bonds is 6. The van der Waals surface area contributed by atoms with Crippen LogP contribution in [0.25, 0.3) is 0 Å². The first-order valence-electron chi connectivity index (χ1n) is 8.29. The Labute approximate surface area is 149 Å². The Balaban J connectivity index is 2.17. The second-order valence-electron chi connectivity index (χ2n) is 6.54. The van der Waals surface area contributed by atoms with Crippen molar-refractivity contribution in [1.29, 1.82) is 0 Å². The molecular formula is C19H21F3N2O2. The summed E-state index contributed by atoms with van der Waals surface area (Å²) in [7, 11) is 0. The summed E-state index contributed by atoms with van der Waals surface area (Å²) in [5.41, 5.74) is -0.717. The fraction of sp³-hybridized carbons (Fsp3) is 0.368. The van der Waals surface area contributed by atoms with Crippen molar-refractivity contribution in [2.24, 2.45) is 5.92 Å². The van der Waals surface area contributed by atoms with E-state index in [1.54, 1.807) is 0 Å². The molecule has 7 heteroatoms. The predicted octanol–water partition coefficient (Wildman–Crippen LogP) is 3.77. The minimum atomic E-state index is -4.57. The van der Waals surface area contributed by atoms with Crippen molar-refractivity contribution in [2.45, 2.75) is 39.0 Å². The summed E-state index contributed by atoms with van der Waals surface area (Å²) in [5.74, 6) is -0.210. The third-order valence-electron chi connectivity index (χ3n) is 3.87. The van der Waals surface area contributed by atoms with Crippen LogP contribution in [0.15, 0.2) is 53.5 Å². The van der Waals surface area contributed by atoms with E-state index in [-0.39, 0.29) is 6.04 Å². The van der Waals surface area contributed by atoms with Crippen LogP contribution in [0.4, 0.5) is 13.2 Å². The molecule has 0 saturated heterocycles. The highest BCUT2D eigenvalue weighted by molar-refractivity contribution is 5.76. The number of nitrogens with one attached hydrogen (secondary N) is 1. The Morgan fingerprint density at radius 1 is 1.12 bits per heavy atom. The Bertz CT molecular complexity index is 798. The van der Waals surface area contributed by atoms with E-state index in [1.165, 1.54) is 0 Å². The van der Waals surface area contributed by atoms with Gasteiger partial charge in [-0.05, 0) is 24.0 Å². The maximum atomic E-state index is 12.8. The normalized spacial score (nSPS) is 12.8. The zero-order chi connectivity index (χ0) is 19.3. The molecule has 0 radical (unpaired) electrons. The van der Waals surface area contributed by atoms with E-state index in [0.29, 0.717) is 24.6 Å². The molecule has 0 unspecified atom stereocenters. The summed E-state index contributed by atoms with van der Waals surface area (Å²) in [6.07, 6.45) is -3.23. The van der Waals surface area contributed by atoms with Crippen molar-refractivity contribution >= 4 is 5.91 Å². The maximum Gasteiger partial charge on any atom is 0.417 e. The van der Waals surface area contributed by atoms with Gasteiger partial charge in [0.05, 0.1) is 11.6 Å². The highest BCUT2D eigenvalue weighted by atomic mass is 19.4. The standard InChI is InChI=1S/C19H21F3N2O2/c1-13(2)10-16(14-6-4-3-5-7-14)23-17(25)12-24-11-15(19(20,21)22)8-9-18(24)26/h3-9,11,13,16H,10,12H2,1-2H3,(H,23,25)/t16-/m0/s1. The number of halogens is 3. The van der Waals surface area contributed by atoms with E-state index in [2.05, 4.69) is 5.32 Å². The van der Waals surface area contributed by atoms with Gasteiger partial charge in [-0.25, -0.2) is 0 Å². The number of benzene rings is 1. The first-order chi connectivity index (χ1) is 12.2. The lowest BCUT2D eigenvalue weighted by atomic mass is 9.97. The average molecular weight is 366 g/mol. The molecule has 4 nitrogen and oxygen atoms in total. The number of pyridine rings is 1. The molecule has 0 fully saturated rings. The van der Waals surface area contributed by atoms with E-state index >= 15 is 0 Å². The fourth-order valence-electron chi connectivity index (χ4n) is 2.65. The zero-order valence-corrected chi connectivity index (χ0v) is 14.6. The SMILES string of the molecule is CC(C)C[C@H](NC(=O)Cn1cc(C(F)(F)F)ccc1=O)c1ccccc1. The van der Waals surface area contributed by atoms with Gasteiger partial charge in [0.25, 0.3) is 5.56 Å². The van der Waals surface area contributed by atoms with Crippen molar-refractivity contribution in [2.75, 3.05) is 0 Å². The maximum absolute atomic E-state index is 12.8. The first-order valence-corrected chi connectivity index (χ1v) is 8.29. The summed E-state index contributed by atoms with van der Waals surface area (Å²) < 4.78 is 39.2. The number of hydrogen-bond acceptors (Lipinski definition) is 2. The number of hydrogen-bond donors (Lipinski definition) is 1. The van der Waals surface area contributed by atoms with Crippen LogP contribution in [0, 0.1) is 5.92 Å². The smallest absolute Gasteiger partial charge is 0.348 e. The average Bonchev–Trinajstić information content (AvgIpc) is 2.55. The molecule has 0 aliphatic rings. The Hall–Kier alpha value is -2.57. The number of carbonyl (C=O) groups excluding carboxylic acids is 1. The van der Waals surface area contributed by atoms with Gasteiger partial charge in [-0.3, -0.25) is 9.59 Å². The molecule has 26 heavy (non-hydrogen) atoms. The topological polar surface area (TPSA) is 51.1 Å². The summed E-state index contributed by atoms with van der Waals surface area (Å²) in [6.45, 7) is 3.56. The molecule has 1 amide bonds. The quantitative estimate of drug-likeness (QED) is 0.846. The molecule has 1 aromatic carbocycles. The van der Waals surface area contributed by atoms with Crippen LogP contribution < -0.4 is 10.9 Å². The first kappa shape index (κ1) is 19.8. The van der Waals surface area contributed by atoms with Crippen molar-refractivity contribution in [3.8, 4) is 0 Å². The van der Waals surface area contributed by atoms with E-state index in [4.69, 9.17) is 0 Å². The molecule has 0 saturated carbocycles.